The van der Waals surface area contributed by atoms with E-state index in [1.165, 1.54) is 0 Å². The molecule has 0 aliphatic heterocycles. The molecule has 148 valence electrons. The summed E-state index contributed by atoms with van der Waals surface area (Å²) >= 11 is 0. The number of hydrogen-bond donors (Lipinski definition) is 1. The molecule has 26 heavy (non-hydrogen) atoms. The largest absolute Gasteiger partial charge is 0.497 e. The number of guanidine groups is 1. The Morgan fingerprint density at radius 3 is 2.50 bits per heavy atom. The lowest BCUT2D eigenvalue weighted by Crippen LogP contribution is -2.39. The van der Waals surface area contributed by atoms with Gasteiger partial charge in [0, 0.05) is 53.1 Å². The van der Waals surface area contributed by atoms with Crippen molar-refractivity contribution < 1.29 is 13.7 Å². The van der Waals surface area contributed by atoms with Gasteiger partial charge in [0.25, 0.3) is 0 Å². The van der Waals surface area contributed by atoms with Crippen LogP contribution in [0.5, 0.6) is 11.5 Å². The van der Waals surface area contributed by atoms with Gasteiger partial charge in [-0.1, -0.05) is 0 Å². The van der Waals surface area contributed by atoms with Gasteiger partial charge in [-0.3, -0.25) is 9.20 Å². The van der Waals surface area contributed by atoms with Gasteiger partial charge in [0.15, 0.2) is 5.96 Å². The summed E-state index contributed by atoms with van der Waals surface area (Å²) in [6.07, 6.45) is 0. The highest BCUT2D eigenvalue weighted by atomic mass is 32.2. The molecule has 1 unspecified atom stereocenters. The Balaban J connectivity index is 2.83. The summed E-state index contributed by atoms with van der Waals surface area (Å²) in [5, 5.41) is 3.29. The first-order valence-corrected chi connectivity index (χ1v) is 10.1. The van der Waals surface area contributed by atoms with Crippen molar-refractivity contribution in [3.05, 3.63) is 23.8 Å². The maximum Gasteiger partial charge on any atom is 0.193 e. The maximum atomic E-state index is 12.2. The minimum Gasteiger partial charge on any atom is -0.497 e. The number of aliphatic imine (C=N–C) groups is 1. The molecule has 0 heterocycles. The van der Waals surface area contributed by atoms with E-state index in [0.717, 1.165) is 29.6 Å². The van der Waals surface area contributed by atoms with Crippen LogP contribution in [0.3, 0.4) is 0 Å². The Kier molecular flexibility index (Phi) is 8.92. The lowest BCUT2D eigenvalue weighted by atomic mass is 10.2. The number of ether oxygens (including phenoxy) is 2. The summed E-state index contributed by atoms with van der Waals surface area (Å²) in [7, 11) is 4.36. The first kappa shape index (κ1) is 22.3. The fourth-order valence-corrected chi connectivity index (χ4v) is 3.19. The van der Waals surface area contributed by atoms with Gasteiger partial charge in [0.1, 0.15) is 11.5 Å². The smallest absolute Gasteiger partial charge is 0.193 e. The second-order valence-electron chi connectivity index (χ2n) is 6.93. The molecule has 0 aliphatic carbocycles. The molecule has 0 saturated carbocycles. The molecule has 0 aromatic heterocycles. The SMILES string of the molecule is CCNC(=NCCS(=O)C(C)(C)C)N(C)Cc1ccc(OC)cc1OC. The molecule has 7 heteroatoms. The van der Waals surface area contributed by atoms with Crippen LogP contribution in [0.2, 0.25) is 0 Å². The first-order valence-electron chi connectivity index (χ1n) is 8.81. The van der Waals surface area contributed by atoms with Crippen molar-refractivity contribution in [2.75, 3.05) is 40.1 Å². The topological polar surface area (TPSA) is 63.2 Å². The zero-order valence-corrected chi connectivity index (χ0v) is 17.9. The van der Waals surface area contributed by atoms with Crippen molar-refractivity contribution in [2.45, 2.75) is 39.0 Å². The molecule has 0 spiro atoms. The fourth-order valence-electron chi connectivity index (χ4n) is 2.32. The summed E-state index contributed by atoms with van der Waals surface area (Å²) in [4.78, 5) is 6.66. The predicted molar refractivity (Wildman–Crippen MR) is 110 cm³/mol. The van der Waals surface area contributed by atoms with Crippen LogP contribution in [0.15, 0.2) is 23.2 Å². The third kappa shape index (κ3) is 6.86. The molecule has 6 nitrogen and oxygen atoms in total. The van der Waals surface area contributed by atoms with Crippen molar-refractivity contribution in [3.63, 3.8) is 0 Å². The second-order valence-corrected chi connectivity index (χ2v) is 9.26. The molecule has 0 aliphatic rings. The van der Waals surface area contributed by atoms with Crippen LogP contribution in [-0.4, -0.2) is 59.9 Å². The maximum absolute atomic E-state index is 12.2. The minimum atomic E-state index is -0.905. The van der Waals surface area contributed by atoms with Crippen LogP contribution in [0.4, 0.5) is 0 Å². The standard InChI is InChI=1S/C19H33N3O3S/c1-8-20-18(21-11-12-26(23)19(2,3)4)22(5)14-15-9-10-16(24-6)13-17(15)25-7/h9-10,13H,8,11-12,14H2,1-7H3,(H,20,21). The summed E-state index contributed by atoms with van der Waals surface area (Å²) in [6, 6.07) is 5.79. The van der Waals surface area contributed by atoms with E-state index in [9.17, 15) is 4.21 Å². The van der Waals surface area contributed by atoms with Crippen LogP contribution in [0.25, 0.3) is 0 Å². The number of rotatable bonds is 8. The van der Waals surface area contributed by atoms with E-state index in [1.807, 2.05) is 57.8 Å². The van der Waals surface area contributed by atoms with E-state index in [0.29, 0.717) is 18.8 Å². The average molecular weight is 384 g/mol. The lowest BCUT2D eigenvalue weighted by Gasteiger charge is -2.23. The van der Waals surface area contributed by atoms with E-state index < -0.39 is 10.8 Å². The zero-order chi connectivity index (χ0) is 19.7. The Labute approximate surface area is 160 Å². The third-order valence-corrected chi connectivity index (χ3v) is 5.74. The van der Waals surface area contributed by atoms with Crippen molar-refractivity contribution in [1.82, 2.24) is 10.2 Å². The number of benzene rings is 1. The van der Waals surface area contributed by atoms with E-state index in [4.69, 9.17) is 9.47 Å². The van der Waals surface area contributed by atoms with Crippen molar-refractivity contribution >= 4 is 16.8 Å². The molecular weight excluding hydrogens is 350 g/mol. The Hall–Kier alpha value is -1.76. The Bertz CT molecular complexity index is 627. The normalized spacial score (nSPS) is 13.3. The van der Waals surface area contributed by atoms with E-state index in [-0.39, 0.29) is 4.75 Å². The van der Waals surface area contributed by atoms with Gasteiger partial charge in [-0.25, -0.2) is 0 Å². The average Bonchev–Trinajstić information content (AvgIpc) is 2.60. The fraction of sp³-hybridized carbons (Fsp3) is 0.632. The Morgan fingerprint density at radius 1 is 1.27 bits per heavy atom. The minimum absolute atomic E-state index is 0.212. The lowest BCUT2D eigenvalue weighted by molar-refractivity contribution is 0.382. The molecule has 1 aromatic rings. The monoisotopic (exact) mass is 383 g/mol. The van der Waals surface area contributed by atoms with E-state index in [2.05, 4.69) is 10.3 Å². The van der Waals surface area contributed by atoms with Crippen molar-refractivity contribution in [1.29, 1.82) is 0 Å². The summed E-state index contributed by atoms with van der Waals surface area (Å²) in [5.74, 6) is 2.88. The number of nitrogens with zero attached hydrogens (tertiary/aromatic N) is 2. The van der Waals surface area contributed by atoms with Gasteiger partial charge in [0.2, 0.25) is 0 Å². The molecule has 0 radical (unpaired) electrons. The summed E-state index contributed by atoms with van der Waals surface area (Å²) < 4.78 is 22.7. The van der Waals surface area contributed by atoms with Crippen LogP contribution in [0, 0.1) is 0 Å². The Morgan fingerprint density at radius 2 is 1.96 bits per heavy atom. The zero-order valence-electron chi connectivity index (χ0n) is 17.1. The summed E-state index contributed by atoms with van der Waals surface area (Å²) in [5.41, 5.74) is 1.04. The highest BCUT2D eigenvalue weighted by Gasteiger charge is 2.19. The van der Waals surface area contributed by atoms with Crippen LogP contribution in [-0.2, 0) is 17.3 Å². The van der Waals surface area contributed by atoms with Crippen molar-refractivity contribution in [3.8, 4) is 11.5 Å². The highest BCUT2D eigenvalue weighted by molar-refractivity contribution is 7.86. The molecular formula is C19H33N3O3S. The molecule has 1 rings (SSSR count). The molecule has 0 bridgehead atoms. The van der Waals surface area contributed by atoms with E-state index in [1.54, 1.807) is 14.2 Å². The van der Waals surface area contributed by atoms with E-state index >= 15 is 0 Å². The summed E-state index contributed by atoms with van der Waals surface area (Å²) in [6.45, 7) is 9.92. The molecule has 1 aromatic carbocycles. The van der Waals surface area contributed by atoms with Gasteiger partial charge in [-0.05, 0) is 39.8 Å². The van der Waals surface area contributed by atoms with Crippen LogP contribution < -0.4 is 14.8 Å². The van der Waals surface area contributed by atoms with Gasteiger partial charge >= 0.3 is 0 Å². The molecule has 1 atom stereocenters. The molecule has 0 saturated heterocycles. The van der Waals surface area contributed by atoms with Crippen molar-refractivity contribution in [2.24, 2.45) is 4.99 Å². The molecule has 1 N–H and O–H groups in total. The van der Waals surface area contributed by atoms with Crippen LogP contribution >= 0.6 is 0 Å². The van der Waals surface area contributed by atoms with Crippen LogP contribution in [0.1, 0.15) is 33.3 Å². The quantitative estimate of drug-likeness (QED) is 0.552. The van der Waals surface area contributed by atoms with Gasteiger partial charge < -0.3 is 19.7 Å². The molecule has 0 fully saturated rings. The third-order valence-electron chi connectivity index (χ3n) is 3.82. The first-order chi connectivity index (χ1) is 12.2. The number of hydrogen-bond acceptors (Lipinski definition) is 4. The van der Waals surface area contributed by atoms with Gasteiger partial charge in [-0.15, -0.1) is 0 Å². The van der Waals surface area contributed by atoms with Gasteiger partial charge in [-0.2, -0.15) is 0 Å². The second kappa shape index (κ2) is 10.4. The number of methoxy groups -OCH3 is 2. The number of nitrogens with one attached hydrogen (secondary N) is 1. The van der Waals surface area contributed by atoms with Gasteiger partial charge in [0.05, 0.1) is 20.8 Å². The highest BCUT2D eigenvalue weighted by Crippen LogP contribution is 2.25. The predicted octanol–water partition coefficient (Wildman–Crippen LogP) is 2.65. The molecule has 0 amide bonds.